The molecule has 7 heteroatoms. The molecular formula is C21H32N2O4S. The number of hydrogen-bond acceptors (Lipinski definition) is 4. The van der Waals surface area contributed by atoms with E-state index in [-0.39, 0.29) is 23.7 Å². The fraction of sp³-hybridized carbons (Fsp3) is 0.667. The molecule has 6 nitrogen and oxygen atoms in total. The van der Waals surface area contributed by atoms with Crippen LogP contribution in [0.3, 0.4) is 0 Å². The molecule has 3 rings (SSSR count). The van der Waals surface area contributed by atoms with E-state index in [0.717, 1.165) is 31.4 Å². The third-order valence-electron chi connectivity index (χ3n) is 5.95. The molecule has 0 bridgehead atoms. The predicted octanol–water partition coefficient (Wildman–Crippen LogP) is 2.71. The third kappa shape index (κ3) is 5.13. The van der Waals surface area contributed by atoms with Gasteiger partial charge in [0.2, 0.25) is 10.0 Å². The van der Waals surface area contributed by atoms with Gasteiger partial charge in [0, 0.05) is 17.3 Å². The smallest absolute Gasteiger partial charge is 0.254 e. The zero-order valence-electron chi connectivity index (χ0n) is 17.1. The first-order chi connectivity index (χ1) is 13.3. The van der Waals surface area contributed by atoms with Crippen molar-refractivity contribution in [2.24, 2.45) is 5.92 Å². The molecule has 1 aromatic rings. The van der Waals surface area contributed by atoms with Crippen molar-refractivity contribution in [3.8, 4) is 0 Å². The standard InChI is InChI=1S/C21H32N2O4S/c1-4-5-16-7-11-18(12-8-16)27-14-20-19(22-28(3,25)26)13-10-17-9-6-15(2)21(24)23(17)20/h4-6,9,16,18-20,22H,7-8,10-14H2,1-3H3/b5-4-. The van der Waals surface area contributed by atoms with E-state index in [2.05, 4.69) is 23.8 Å². The lowest BCUT2D eigenvalue weighted by molar-refractivity contribution is -0.00354. The summed E-state index contributed by atoms with van der Waals surface area (Å²) in [5.74, 6) is 0.630. The molecular weight excluding hydrogens is 376 g/mol. The van der Waals surface area contributed by atoms with Crippen LogP contribution in [-0.4, -0.2) is 38.0 Å². The summed E-state index contributed by atoms with van der Waals surface area (Å²) in [6, 6.07) is 3.17. The van der Waals surface area contributed by atoms with Gasteiger partial charge in [-0.15, -0.1) is 0 Å². The fourth-order valence-electron chi connectivity index (χ4n) is 4.49. The number of hydrogen-bond donors (Lipinski definition) is 1. The Morgan fingerprint density at radius 2 is 1.93 bits per heavy atom. The first-order valence-electron chi connectivity index (χ1n) is 10.2. The lowest BCUT2D eigenvalue weighted by atomic mass is 9.87. The minimum Gasteiger partial charge on any atom is -0.376 e. The van der Waals surface area contributed by atoms with E-state index >= 15 is 0 Å². The normalized spacial score (nSPS) is 28.4. The monoisotopic (exact) mass is 408 g/mol. The third-order valence-corrected chi connectivity index (χ3v) is 6.68. The highest BCUT2D eigenvalue weighted by Gasteiger charge is 2.33. The van der Waals surface area contributed by atoms with Crippen LogP contribution in [0.1, 0.15) is 56.3 Å². The van der Waals surface area contributed by atoms with Crippen molar-refractivity contribution in [2.75, 3.05) is 12.9 Å². The van der Waals surface area contributed by atoms with Crippen LogP contribution in [0.2, 0.25) is 0 Å². The Hall–Kier alpha value is -1.44. The molecule has 0 aromatic carbocycles. The van der Waals surface area contributed by atoms with Gasteiger partial charge in [0.1, 0.15) is 0 Å². The van der Waals surface area contributed by atoms with Crippen molar-refractivity contribution >= 4 is 10.0 Å². The van der Waals surface area contributed by atoms with Gasteiger partial charge in [-0.05, 0) is 64.4 Å². The fourth-order valence-corrected chi connectivity index (χ4v) is 5.32. The number of sulfonamides is 1. The first-order valence-corrected chi connectivity index (χ1v) is 12.1. The second kappa shape index (κ2) is 8.93. The molecule has 1 aromatic heterocycles. The maximum atomic E-state index is 12.8. The van der Waals surface area contributed by atoms with Crippen molar-refractivity contribution in [3.05, 3.63) is 45.9 Å². The molecule has 2 aliphatic rings. The molecule has 1 saturated carbocycles. The van der Waals surface area contributed by atoms with Gasteiger partial charge in [0.25, 0.3) is 5.56 Å². The molecule has 1 N–H and O–H groups in total. The minimum atomic E-state index is -3.37. The summed E-state index contributed by atoms with van der Waals surface area (Å²) in [4.78, 5) is 12.8. The number of allylic oxidation sites excluding steroid dienone is 2. The van der Waals surface area contributed by atoms with E-state index in [1.54, 1.807) is 11.5 Å². The molecule has 0 radical (unpaired) electrons. The SMILES string of the molecule is C/C=C\C1CCC(OCC2C(NS(C)(=O)=O)CCc3ccc(C)c(=O)n32)CC1. The Labute approximate surface area is 168 Å². The molecule has 1 aliphatic heterocycles. The number of aryl methyl sites for hydroxylation is 2. The average molecular weight is 409 g/mol. The first kappa shape index (κ1) is 21.3. The maximum Gasteiger partial charge on any atom is 0.254 e. The molecule has 1 fully saturated rings. The van der Waals surface area contributed by atoms with Gasteiger partial charge >= 0.3 is 0 Å². The molecule has 28 heavy (non-hydrogen) atoms. The number of rotatable bonds is 6. The van der Waals surface area contributed by atoms with Gasteiger partial charge < -0.3 is 9.30 Å². The highest BCUT2D eigenvalue weighted by Crippen LogP contribution is 2.30. The number of fused-ring (bicyclic) bond motifs is 1. The van der Waals surface area contributed by atoms with Crippen molar-refractivity contribution < 1.29 is 13.2 Å². The lowest BCUT2D eigenvalue weighted by Crippen LogP contribution is -2.49. The van der Waals surface area contributed by atoms with Gasteiger partial charge in [-0.1, -0.05) is 18.2 Å². The van der Waals surface area contributed by atoms with Gasteiger partial charge in [-0.25, -0.2) is 13.1 Å². The highest BCUT2D eigenvalue weighted by molar-refractivity contribution is 7.88. The van der Waals surface area contributed by atoms with Gasteiger partial charge in [-0.3, -0.25) is 4.79 Å². The van der Waals surface area contributed by atoms with Crippen LogP contribution in [-0.2, 0) is 21.2 Å². The molecule has 2 atom stereocenters. The van der Waals surface area contributed by atoms with Crippen LogP contribution in [0.25, 0.3) is 0 Å². The average Bonchev–Trinajstić information content (AvgIpc) is 2.64. The van der Waals surface area contributed by atoms with E-state index in [9.17, 15) is 13.2 Å². The van der Waals surface area contributed by atoms with Crippen LogP contribution in [0, 0.1) is 12.8 Å². The topological polar surface area (TPSA) is 77.4 Å². The Bertz CT molecular complexity index is 867. The summed E-state index contributed by atoms with van der Waals surface area (Å²) in [5, 5.41) is 0. The Morgan fingerprint density at radius 1 is 1.21 bits per heavy atom. The molecule has 0 amide bonds. The van der Waals surface area contributed by atoms with Crippen LogP contribution in [0.4, 0.5) is 0 Å². The van der Waals surface area contributed by atoms with E-state index in [0.29, 0.717) is 30.9 Å². The zero-order chi connectivity index (χ0) is 20.3. The van der Waals surface area contributed by atoms with Gasteiger partial charge in [-0.2, -0.15) is 0 Å². The molecule has 0 spiro atoms. The molecule has 156 valence electrons. The van der Waals surface area contributed by atoms with Crippen molar-refractivity contribution in [3.63, 3.8) is 0 Å². The molecule has 0 saturated heterocycles. The highest BCUT2D eigenvalue weighted by atomic mass is 32.2. The van der Waals surface area contributed by atoms with Crippen LogP contribution >= 0.6 is 0 Å². The summed E-state index contributed by atoms with van der Waals surface area (Å²) in [6.45, 7) is 4.20. The van der Waals surface area contributed by atoms with Crippen molar-refractivity contribution in [1.82, 2.24) is 9.29 Å². The van der Waals surface area contributed by atoms with Crippen LogP contribution in [0.5, 0.6) is 0 Å². The summed E-state index contributed by atoms with van der Waals surface area (Å²) < 4.78 is 34.4. The quantitative estimate of drug-likeness (QED) is 0.734. The minimum absolute atomic E-state index is 0.0529. The van der Waals surface area contributed by atoms with E-state index in [1.165, 1.54) is 6.26 Å². The number of nitrogens with one attached hydrogen (secondary N) is 1. The predicted molar refractivity (Wildman–Crippen MR) is 111 cm³/mol. The van der Waals surface area contributed by atoms with Crippen molar-refractivity contribution in [1.29, 1.82) is 0 Å². The molecule has 2 unspecified atom stereocenters. The van der Waals surface area contributed by atoms with E-state index in [4.69, 9.17) is 4.74 Å². The van der Waals surface area contributed by atoms with Crippen LogP contribution < -0.4 is 10.3 Å². The summed E-state index contributed by atoms with van der Waals surface area (Å²) in [6.07, 6.45) is 11.3. The number of aromatic nitrogens is 1. The van der Waals surface area contributed by atoms with Gasteiger partial charge in [0.15, 0.2) is 0 Å². The second-order valence-corrected chi connectivity index (χ2v) is 9.96. The van der Waals surface area contributed by atoms with Crippen molar-refractivity contribution in [2.45, 2.75) is 70.6 Å². The number of pyridine rings is 1. The van der Waals surface area contributed by atoms with Gasteiger partial charge in [0.05, 0.1) is 25.0 Å². The van der Waals surface area contributed by atoms with E-state index < -0.39 is 10.0 Å². The Balaban J connectivity index is 1.77. The summed E-state index contributed by atoms with van der Waals surface area (Å²) in [7, 11) is -3.37. The van der Waals surface area contributed by atoms with Crippen LogP contribution in [0.15, 0.2) is 29.1 Å². The largest absolute Gasteiger partial charge is 0.376 e. The second-order valence-electron chi connectivity index (χ2n) is 8.18. The number of nitrogens with zero attached hydrogens (tertiary/aromatic N) is 1. The zero-order valence-corrected chi connectivity index (χ0v) is 17.9. The lowest BCUT2D eigenvalue weighted by Gasteiger charge is -2.37. The maximum absolute atomic E-state index is 12.8. The summed E-state index contributed by atoms with van der Waals surface area (Å²) in [5.41, 5.74) is 1.57. The molecule has 1 aliphatic carbocycles. The summed E-state index contributed by atoms with van der Waals surface area (Å²) >= 11 is 0. The Morgan fingerprint density at radius 3 is 2.57 bits per heavy atom. The number of ether oxygens (including phenoxy) is 1. The molecule has 2 heterocycles. The van der Waals surface area contributed by atoms with E-state index in [1.807, 2.05) is 12.1 Å². The Kier molecular flexibility index (Phi) is 6.78.